The maximum absolute atomic E-state index is 13.4. The van der Waals surface area contributed by atoms with Crippen LogP contribution in [0, 0.1) is 0 Å². The number of hydrogen-bond acceptors (Lipinski definition) is 4. The molecule has 26 heavy (non-hydrogen) atoms. The highest BCUT2D eigenvalue weighted by Crippen LogP contribution is 2.38. The second-order valence-corrected chi connectivity index (χ2v) is 7.10. The Bertz CT molecular complexity index is 754. The zero-order valence-corrected chi connectivity index (χ0v) is 15.7. The smallest absolute Gasteiger partial charge is 0.421 e. The summed E-state index contributed by atoms with van der Waals surface area (Å²) in [5.41, 5.74) is 0.616. The monoisotopic (exact) mass is 367 g/mol. The van der Waals surface area contributed by atoms with Gasteiger partial charge in [-0.15, -0.1) is 0 Å². The lowest BCUT2D eigenvalue weighted by Gasteiger charge is -2.25. The summed E-state index contributed by atoms with van der Waals surface area (Å²) < 4.78 is 45.6. The van der Waals surface area contributed by atoms with Crippen molar-refractivity contribution >= 4 is 11.5 Å². The van der Waals surface area contributed by atoms with Gasteiger partial charge in [0, 0.05) is 18.9 Å². The summed E-state index contributed by atoms with van der Waals surface area (Å²) in [5.74, 6) is -0.232. The first-order chi connectivity index (χ1) is 12.0. The lowest BCUT2D eigenvalue weighted by molar-refractivity contribution is -0.137. The molecule has 0 aliphatic carbocycles. The van der Waals surface area contributed by atoms with Crippen LogP contribution in [0.2, 0.25) is 0 Å². The van der Waals surface area contributed by atoms with E-state index < -0.39 is 11.7 Å². The van der Waals surface area contributed by atoms with Gasteiger partial charge in [0.2, 0.25) is 0 Å². The van der Waals surface area contributed by atoms with Crippen LogP contribution >= 0.6 is 0 Å². The minimum absolute atomic E-state index is 0.0614. The molecule has 0 unspecified atom stereocenters. The van der Waals surface area contributed by atoms with Crippen molar-refractivity contribution in [2.75, 3.05) is 18.6 Å². The van der Waals surface area contributed by atoms with Crippen LogP contribution < -0.4 is 9.64 Å². The molecule has 142 valence electrons. The van der Waals surface area contributed by atoms with E-state index in [1.807, 2.05) is 25.1 Å². The summed E-state index contributed by atoms with van der Waals surface area (Å²) in [5, 5.41) is 0. The normalized spacial score (nSPS) is 12.2. The van der Waals surface area contributed by atoms with Crippen LogP contribution in [0.4, 0.5) is 24.7 Å². The number of nitrogens with zero attached hydrogens (tertiary/aromatic N) is 3. The Kier molecular flexibility index (Phi) is 5.78. The van der Waals surface area contributed by atoms with Crippen LogP contribution in [-0.2, 0) is 11.6 Å². The van der Waals surface area contributed by atoms with Gasteiger partial charge in [-0.25, -0.2) is 4.98 Å². The maximum atomic E-state index is 13.4. The second-order valence-electron chi connectivity index (χ2n) is 7.10. The van der Waals surface area contributed by atoms with E-state index in [1.165, 1.54) is 4.90 Å². The lowest BCUT2D eigenvalue weighted by Crippen LogP contribution is -2.20. The zero-order valence-electron chi connectivity index (χ0n) is 15.7. The third-order valence-corrected chi connectivity index (χ3v) is 3.90. The predicted molar refractivity (Wildman–Crippen MR) is 96.0 cm³/mol. The van der Waals surface area contributed by atoms with Crippen molar-refractivity contribution in [2.45, 2.75) is 45.7 Å². The topological polar surface area (TPSA) is 38.2 Å². The average Bonchev–Trinajstić information content (AvgIpc) is 2.57. The van der Waals surface area contributed by atoms with Gasteiger partial charge < -0.3 is 9.64 Å². The van der Waals surface area contributed by atoms with E-state index in [1.54, 1.807) is 13.1 Å². The van der Waals surface area contributed by atoms with Gasteiger partial charge in [0.05, 0.1) is 6.61 Å². The van der Waals surface area contributed by atoms with Crippen molar-refractivity contribution < 1.29 is 17.9 Å². The molecule has 0 saturated heterocycles. The van der Waals surface area contributed by atoms with Gasteiger partial charge in [0.1, 0.15) is 5.56 Å². The fourth-order valence-electron chi connectivity index (χ4n) is 2.38. The Morgan fingerprint density at radius 2 is 1.85 bits per heavy atom. The van der Waals surface area contributed by atoms with Crippen molar-refractivity contribution in [1.29, 1.82) is 0 Å². The molecule has 0 amide bonds. The first kappa shape index (κ1) is 20.0. The summed E-state index contributed by atoms with van der Waals surface area (Å²) in [6.07, 6.45) is -3.07. The second kappa shape index (κ2) is 7.51. The van der Waals surface area contributed by atoms with E-state index in [0.29, 0.717) is 18.7 Å². The van der Waals surface area contributed by atoms with Crippen LogP contribution in [0.3, 0.4) is 0 Å². The Labute approximate surface area is 152 Å². The van der Waals surface area contributed by atoms with Crippen LogP contribution in [0.1, 0.15) is 45.2 Å². The molecule has 0 aliphatic rings. The number of halogens is 3. The maximum Gasteiger partial charge on any atom is 0.421 e. The fraction of sp³-hybridized carbons (Fsp3) is 0.474. The van der Waals surface area contributed by atoms with Crippen molar-refractivity contribution in [2.24, 2.45) is 0 Å². The highest BCUT2D eigenvalue weighted by molar-refractivity contribution is 5.63. The average molecular weight is 367 g/mol. The van der Waals surface area contributed by atoms with Gasteiger partial charge in [0.15, 0.2) is 5.82 Å². The number of hydrogen-bond donors (Lipinski definition) is 0. The number of ether oxygens (including phenoxy) is 1. The summed E-state index contributed by atoms with van der Waals surface area (Å²) in [7, 11) is 1.56. The first-order valence-corrected chi connectivity index (χ1v) is 8.45. The zero-order chi connectivity index (χ0) is 19.5. The molecule has 0 N–H and O–H groups in total. The molecule has 0 aliphatic heterocycles. The highest BCUT2D eigenvalue weighted by Gasteiger charge is 2.37. The summed E-state index contributed by atoms with van der Waals surface area (Å²) in [4.78, 5) is 9.13. The summed E-state index contributed by atoms with van der Waals surface area (Å²) >= 11 is 0. The SMILES string of the molecule is CCCOc1ncc(C(F)(F)F)c(N(C)c2cccc(C(C)(C)C)c2)n1. The number of rotatable bonds is 5. The Balaban J connectivity index is 2.50. The third kappa shape index (κ3) is 4.65. The molecule has 2 rings (SSSR count). The van der Waals surface area contributed by atoms with Crippen LogP contribution in [-0.4, -0.2) is 23.6 Å². The molecule has 2 aromatic rings. The number of benzene rings is 1. The van der Waals surface area contributed by atoms with Gasteiger partial charge in [-0.3, -0.25) is 0 Å². The molecule has 1 aromatic heterocycles. The van der Waals surface area contributed by atoms with E-state index in [4.69, 9.17) is 4.74 Å². The third-order valence-electron chi connectivity index (χ3n) is 3.90. The van der Waals surface area contributed by atoms with E-state index in [9.17, 15) is 13.2 Å². The highest BCUT2D eigenvalue weighted by atomic mass is 19.4. The Hall–Kier alpha value is -2.31. The van der Waals surface area contributed by atoms with Crippen LogP contribution in [0.5, 0.6) is 6.01 Å². The first-order valence-electron chi connectivity index (χ1n) is 8.45. The van der Waals surface area contributed by atoms with Crippen LogP contribution in [0.25, 0.3) is 0 Å². The van der Waals surface area contributed by atoms with E-state index in [-0.39, 0.29) is 17.2 Å². The van der Waals surface area contributed by atoms with Gasteiger partial charge >= 0.3 is 12.2 Å². The molecule has 0 atom stereocenters. The minimum atomic E-state index is -4.56. The van der Waals surface area contributed by atoms with E-state index in [2.05, 4.69) is 30.7 Å². The van der Waals surface area contributed by atoms with Gasteiger partial charge in [-0.2, -0.15) is 18.2 Å². The summed E-state index contributed by atoms with van der Waals surface area (Å²) in [6.45, 7) is 8.39. The van der Waals surface area contributed by atoms with Gasteiger partial charge in [-0.05, 0) is 29.5 Å². The number of aromatic nitrogens is 2. The van der Waals surface area contributed by atoms with Crippen molar-refractivity contribution in [3.05, 3.63) is 41.6 Å². The molecular weight excluding hydrogens is 343 g/mol. The Morgan fingerprint density at radius 1 is 1.15 bits per heavy atom. The fourth-order valence-corrected chi connectivity index (χ4v) is 2.38. The molecule has 0 fully saturated rings. The molecule has 0 saturated carbocycles. The van der Waals surface area contributed by atoms with Crippen molar-refractivity contribution in [3.63, 3.8) is 0 Å². The minimum Gasteiger partial charge on any atom is -0.463 e. The van der Waals surface area contributed by atoms with Gasteiger partial charge in [0.25, 0.3) is 0 Å². The lowest BCUT2D eigenvalue weighted by atomic mass is 9.87. The molecule has 4 nitrogen and oxygen atoms in total. The van der Waals surface area contributed by atoms with Crippen LogP contribution in [0.15, 0.2) is 30.5 Å². The molecule has 7 heteroatoms. The molecule has 0 spiro atoms. The van der Waals surface area contributed by atoms with E-state index in [0.717, 1.165) is 11.8 Å². The molecular formula is C19H24F3N3O. The number of anilines is 2. The quantitative estimate of drug-likeness (QED) is 0.714. The van der Waals surface area contributed by atoms with Crippen molar-refractivity contribution in [3.8, 4) is 6.01 Å². The molecule has 0 radical (unpaired) electrons. The number of alkyl halides is 3. The molecule has 0 bridgehead atoms. The van der Waals surface area contributed by atoms with Gasteiger partial charge in [-0.1, -0.05) is 39.8 Å². The standard InChI is InChI=1S/C19H24F3N3O/c1-6-10-26-17-23-12-15(19(20,21)22)16(24-17)25(5)14-9-7-8-13(11-14)18(2,3)4/h7-9,11-12H,6,10H2,1-5H3. The molecule has 1 aromatic carbocycles. The molecule has 1 heterocycles. The predicted octanol–water partition coefficient (Wildman–Crippen LogP) is 5.35. The van der Waals surface area contributed by atoms with Crippen molar-refractivity contribution in [1.82, 2.24) is 9.97 Å². The van der Waals surface area contributed by atoms with E-state index >= 15 is 0 Å². The summed E-state index contributed by atoms with van der Waals surface area (Å²) in [6, 6.07) is 7.35. The Morgan fingerprint density at radius 3 is 2.42 bits per heavy atom. The largest absolute Gasteiger partial charge is 0.463 e.